The third kappa shape index (κ3) is 1.72. The van der Waals surface area contributed by atoms with Gasteiger partial charge in [-0.3, -0.25) is 4.90 Å². The van der Waals surface area contributed by atoms with Crippen LogP contribution >= 0.6 is 0 Å². The maximum atomic E-state index is 2.29. The van der Waals surface area contributed by atoms with E-state index < -0.39 is 0 Å². The van der Waals surface area contributed by atoms with Crippen LogP contribution in [0.3, 0.4) is 0 Å². The number of rotatable bonds is 3. The van der Waals surface area contributed by atoms with Crippen LogP contribution in [0.1, 0.15) is 18.9 Å². The molecule has 0 spiro atoms. The maximum Gasteiger partial charge on any atom is 0.0647 e. The molecule has 0 bridgehead atoms. The summed E-state index contributed by atoms with van der Waals surface area (Å²) in [5, 5.41) is 0. The molecule has 0 N–H and O–H groups in total. The van der Waals surface area contributed by atoms with Gasteiger partial charge in [0.25, 0.3) is 0 Å². The Morgan fingerprint density at radius 3 is 2.31 bits per heavy atom. The van der Waals surface area contributed by atoms with Gasteiger partial charge in [0.1, 0.15) is 0 Å². The average Bonchev–Trinajstić information content (AvgIpc) is 2.82. The first-order valence-electron chi connectivity index (χ1n) is 5.75. The SMILES string of the molecule is CN(C)C(C)(C1=CC=CC1)c1ccccc1. The summed E-state index contributed by atoms with van der Waals surface area (Å²) >= 11 is 0. The third-order valence-electron chi connectivity index (χ3n) is 3.63. The van der Waals surface area contributed by atoms with E-state index in [2.05, 4.69) is 74.5 Å². The highest BCUT2D eigenvalue weighted by atomic mass is 15.1. The molecule has 2 rings (SSSR count). The van der Waals surface area contributed by atoms with Gasteiger partial charge in [0, 0.05) is 0 Å². The van der Waals surface area contributed by atoms with Gasteiger partial charge in [-0.15, -0.1) is 0 Å². The van der Waals surface area contributed by atoms with Gasteiger partial charge in [-0.1, -0.05) is 48.6 Å². The van der Waals surface area contributed by atoms with E-state index in [9.17, 15) is 0 Å². The summed E-state index contributed by atoms with van der Waals surface area (Å²) in [6.45, 7) is 2.29. The number of allylic oxidation sites excluding steroid dienone is 3. The monoisotopic (exact) mass is 213 g/mol. The highest BCUT2D eigenvalue weighted by Crippen LogP contribution is 2.37. The van der Waals surface area contributed by atoms with Gasteiger partial charge in [-0.25, -0.2) is 0 Å². The Labute approximate surface area is 98.1 Å². The van der Waals surface area contributed by atoms with Crippen molar-refractivity contribution in [2.45, 2.75) is 18.9 Å². The molecule has 1 unspecified atom stereocenters. The highest BCUT2D eigenvalue weighted by Gasteiger charge is 2.33. The van der Waals surface area contributed by atoms with E-state index in [0.29, 0.717) is 0 Å². The van der Waals surface area contributed by atoms with Crippen molar-refractivity contribution in [1.82, 2.24) is 4.90 Å². The number of benzene rings is 1. The number of nitrogens with zero attached hydrogens (tertiary/aromatic N) is 1. The molecule has 0 aromatic heterocycles. The zero-order valence-corrected chi connectivity index (χ0v) is 10.3. The summed E-state index contributed by atoms with van der Waals surface area (Å²) < 4.78 is 0. The minimum Gasteiger partial charge on any atom is -0.296 e. The molecule has 0 heterocycles. The zero-order valence-electron chi connectivity index (χ0n) is 10.3. The molecule has 1 aromatic carbocycles. The van der Waals surface area contributed by atoms with Crippen molar-refractivity contribution in [3.63, 3.8) is 0 Å². The molecule has 0 saturated carbocycles. The quantitative estimate of drug-likeness (QED) is 0.744. The average molecular weight is 213 g/mol. The highest BCUT2D eigenvalue weighted by molar-refractivity contribution is 5.39. The van der Waals surface area contributed by atoms with Crippen molar-refractivity contribution in [2.24, 2.45) is 0 Å². The lowest BCUT2D eigenvalue weighted by Gasteiger charge is -2.38. The van der Waals surface area contributed by atoms with E-state index in [1.807, 2.05) is 0 Å². The van der Waals surface area contributed by atoms with Crippen LogP contribution < -0.4 is 0 Å². The molecule has 0 amide bonds. The largest absolute Gasteiger partial charge is 0.296 e. The summed E-state index contributed by atoms with van der Waals surface area (Å²) in [6, 6.07) is 10.7. The molecule has 0 saturated heterocycles. The van der Waals surface area contributed by atoms with E-state index in [1.165, 1.54) is 11.1 Å². The Kier molecular flexibility index (Phi) is 2.97. The first-order chi connectivity index (χ1) is 7.65. The Hall–Kier alpha value is -1.34. The van der Waals surface area contributed by atoms with E-state index >= 15 is 0 Å². The summed E-state index contributed by atoms with van der Waals surface area (Å²) in [7, 11) is 4.29. The van der Waals surface area contributed by atoms with Gasteiger partial charge in [0.15, 0.2) is 0 Å². The Bertz CT molecular complexity index is 414. The topological polar surface area (TPSA) is 3.24 Å². The smallest absolute Gasteiger partial charge is 0.0647 e. The predicted octanol–water partition coefficient (Wildman–Crippen LogP) is 3.35. The lowest BCUT2D eigenvalue weighted by Crippen LogP contribution is -2.40. The first-order valence-corrected chi connectivity index (χ1v) is 5.75. The minimum atomic E-state index is 0.00472. The van der Waals surface area contributed by atoms with Crippen LogP contribution in [-0.2, 0) is 5.54 Å². The van der Waals surface area contributed by atoms with Crippen LogP contribution in [0.25, 0.3) is 0 Å². The first kappa shape index (κ1) is 11.2. The Morgan fingerprint density at radius 2 is 1.81 bits per heavy atom. The van der Waals surface area contributed by atoms with E-state index in [-0.39, 0.29) is 5.54 Å². The fourth-order valence-electron chi connectivity index (χ4n) is 2.30. The lowest BCUT2D eigenvalue weighted by atomic mass is 9.82. The standard InChI is InChI=1S/C15H19N/c1-15(16(2)3,14-11-7-8-12-14)13-9-5-4-6-10-13/h4-11H,12H2,1-3H3. The van der Waals surface area contributed by atoms with Crippen LogP contribution in [0, 0.1) is 0 Å². The van der Waals surface area contributed by atoms with Gasteiger partial charge in [0.2, 0.25) is 0 Å². The van der Waals surface area contributed by atoms with Gasteiger partial charge in [-0.2, -0.15) is 0 Å². The molecule has 0 radical (unpaired) electrons. The molecule has 1 aromatic rings. The predicted molar refractivity (Wildman–Crippen MR) is 69.3 cm³/mol. The van der Waals surface area contributed by atoms with E-state index in [0.717, 1.165) is 6.42 Å². The van der Waals surface area contributed by atoms with Crippen molar-refractivity contribution >= 4 is 0 Å². The molecule has 84 valence electrons. The second-order valence-electron chi connectivity index (χ2n) is 4.66. The van der Waals surface area contributed by atoms with Gasteiger partial charge in [-0.05, 0) is 38.6 Å². The van der Waals surface area contributed by atoms with Crippen molar-refractivity contribution in [2.75, 3.05) is 14.1 Å². The van der Waals surface area contributed by atoms with Crippen LogP contribution in [0.15, 0.2) is 54.1 Å². The van der Waals surface area contributed by atoms with Crippen LogP contribution in [0.5, 0.6) is 0 Å². The minimum absolute atomic E-state index is 0.00472. The van der Waals surface area contributed by atoms with Gasteiger partial charge < -0.3 is 0 Å². The lowest BCUT2D eigenvalue weighted by molar-refractivity contribution is 0.215. The normalized spacial score (nSPS) is 18.6. The Morgan fingerprint density at radius 1 is 1.12 bits per heavy atom. The molecule has 1 nitrogen and oxygen atoms in total. The second kappa shape index (κ2) is 4.26. The molecular weight excluding hydrogens is 194 g/mol. The van der Waals surface area contributed by atoms with Crippen molar-refractivity contribution in [1.29, 1.82) is 0 Å². The molecular formula is C15H19N. The molecule has 0 aliphatic heterocycles. The number of likely N-dealkylation sites (N-methyl/N-ethyl adjacent to an activating group) is 1. The number of hydrogen-bond acceptors (Lipinski definition) is 1. The van der Waals surface area contributed by atoms with Crippen LogP contribution in [0.4, 0.5) is 0 Å². The zero-order chi connectivity index (χ0) is 11.6. The summed E-state index contributed by atoms with van der Waals surface area (Å²) in [6.07, 6.45) is 7.68. The van der Waals surface area contributed by atoms with Crippen molar-refractivity contribution < 1.29 is 0 Å². The van der Waals surface area contributed by atoms with Gasteiger partial charge in [0.05, 0.1) is 5.54 Å². The number of hydrogen-bond donors (Lipinski definition) is 0. The third-order valence-corrected chi connectivity index (χ3v) is 3.63. The van der Waals surface area contributed by atoms with Crippen molar-refractivity contribution in [3.05, 3.63) is 59.7 Å². The van der Waals surface area contributed by atoms with E-state index in [4.69, 9.17) is 0 Å². The second-order valence-corrected chi connectivity index (χ2v) is 4.66. The molecule has 1 heteroatoms. The summed E-state index contributed by atoms with van der Waals surface area (Å²) in [5.74, 6) is 0. The van der Waals surface area contributed by atoms with Crippen LogP contribution in [-0.4, -0.2) is 19.0 Å². The van der Waals surface area contributed by atoms with Crippen molar-refractivity contribution in [3.8, 4) is 0 Å². The fourth-order valence-corrected chi connectivity index (χ4v) is 2.30. The molecule has 1 atom stereocenters. The van der Waals surface area contributed by atoms with E-state index in [1.54, 1.807) is 0 Å². The maximum absolute atomic E-state index is 2.29. The molecule has 1 aliphatic rings. The summed E-state index contributed by atoms with van der Waals surface area (Å²) in [4.78, 5) is 2.29. The summed E-state index contributed by atoms with van der Waals surface area (Å²) in [5.41, 5.74) is 2.82. The van der Waals surface area contributed by atoms with Gasteiger partial charge >= 0.3 is 0 Å². The van der Waals surface area contributed by atoms with Crippen LogP contribution in [0.2, 0.25) is 0 Å². The molecule has 0 fully saturated rings. The molecule has 16 heavy (non-hydrogen) atoms. The molecule has 1 aliphatic carbocycles. The fraction of sp³-hybridized carbons (Fsp3) is 0.333. The Balaban J connectivity index is 2.44.